The quantitative estimate of drug-likeness (QED) is 0.807. The van der Waals surface area contributed by atoms with Crippen molar-refractivity contribution in [3.63, 3.8) is 0 Å². The van der Waals surface area contributed by atoms with E-state index in [9.17, 15) is 9.18 Å². The SMILES string of the molecule is COC(=O)c1occc1COc1ccc(F)cc1Cl. The maximum atomic E-state index is 12.9. The van der Waals surface area contributed by atoms with Gasteiger partial charge >= 0.3 is 5.97 Å². The first kappa shape index (κ1) is 13.4. The van der Waals surface area contributed by atoms with Crippen LogP contribution in [-0.2, 0) is 11.3 Å². The van der Waals surface area contributed by atoms with Crippen molar-refractivity contribution in [2.75, 3.05) is 7.11 Å². The largest absolute Gasteiger partial charge is 0.487 e. The van der Waals surface area contributed by atoms with Crippen LogP contribution >= 0.6 is 11.6 Å². The molecule has 0 spiro atoms. The number of benzene rings is 1. The van der Waals surface area contributed by atoms with Crippen LogP contribution in [0.15, 0.2) is 34.9 Å². The molecule has 0 fully saturated rings. The summed E-state index contributed by atoms with van der Waals surface area (Å²) in [5.74, 6) is -0.648. The zero-order valence-electron chi connectivity index (χ0n) is 9.98. The maximum Gasteiger partial charge on any atom is 0.374 e. The minimum Gasteiger partial charge on any atom is -0.487 e. The van der Waals surface area contributed by atoms with Crippen molar-refractivity contribution in [3.05, 3.63) is 52.7 Å². The van der Waals surface area contributed by atoms with Crippen LogP contribution in [0, 0.1) is 5.82 Å². The van der Waals surface area contributed by atoms with E-state index >= 15 is 0 Å². The number of ether oxygens (including phenoxy) is 2. The molecule has 6 heteroatoms. The molecule has 1 aromatic carbocycles. The number of hydrogen-bond donors (Lipinski definition) is 0. The van der Waals surface area contributed by atoms with Crippen LogP contribution in [0.25, 0.3) is 0 Å². The first-order valence-corrected chi connectivity index (χ1v) is 5.72. The molecule has 19 heavy (non-hydrogen) atoms. The first-order chi connectivity index (χ1) is 9.11. The van der Waals surface area contributed by atoms with Crippen LogP contribution in [0.1, 0.15) is 16.1 Å². The lowest BCUT2D eigenvalue weighted by Gasteiger charge is -2.07. The molecule has 0 saturated heterocycles. The summed E-state index contributed by atoms with van der Waals surface area (Å²) >= 11 is 5.82. The molecule has 0 aliphatic carbocycles. The zero-order valence-corrected chi connectivity index (χ0v) is 10.7. The minimum absolute atomic E-state index is 0.0618. The van der Waals surface area contributed by atoms with Gasteiger partial charge in [-0.25, -0.2) is 9.18 Å². The van der Waals surface area contributed by atoms with Gasteiger partial charge in [-0.2, -0.15) is 0 Å². The van der Waals surface area contributed by atoms with E-state index in [1.54, 1.807) is 6.07 Å². The second kappa shape index (κ2) is 5.75. The Morgan fingerprint density at radius 1 is 1.42 bits per heavy atom. The summed E-state index contributed by atoms with van der Waals surface area (Å²) in [6.45, 7) is 0.0618. The average molecular weight is 285 g/mol. The lowest BCUT2D eigenvalue weighted by molar-refractivity contribution is 0.0561. The smallest absolute Gasteiger partial charge is 0.374 e. The summed E-state index contributed by atoms with van der Waals surface area (Å²) < 4.78 is 27.8. The lowest BCUT2D eigenvalue weighted by atomic mass is 10.2. The molecule has 100 valence electrons. The third-order valence-electron chi connectivity index (χ3n) is 2.39. The van der Waals surface area contributed by atoms with Crippen molar-refractivity contribution in [1.29, 1.82) is 0 Å². The molecule has 0 radical (unpaired) electrons. The van der Waals surface area contributed by atoms with Crippen molar-refractivity contribution in [2.45, 2.75) is 6.61 Å². The van der Waals surface area contributed by atoms with E-state index in [2.05, 4.69) is 4.74 Å². The van der Waals surface area contributed by atoms with Gasteiger partial charge in [-0.05, 0) is 24.3 Å². The van der Waals surface area contributed by atoms with Gasteiger partial charge in [-0.15, -0.1) is 0 Å². The molecular formula is C13H10ClFO4. The number of methoxy groups -OCH3 is 1. The standard InChI is InChI=1S/C13H10ClFO4/c1-17-13(16)12-8(4-5-18-12)7-19-11-3-2-9(15)6-10(11)14/h2-6H,7H2,1H3. The van der Waals surface area contributed by atoms with E-state index in [1.807, 2.05) is 0 Å². The van der Waals surface area contributed by atoms with E-state index in [0.29, 0.717) is 11.3 Å². The second-order valence-electron chi connectivity index (χ2n) is 3.63. The molecular weight excluding hydrogens is 275 g/mol. The third kappa shape index (κ3) is 3.06. The van der Waals surface area contributed by atoms with Crippen LogP contribution < -0.4 is 4.74 Å². The van der Waals surface area contributed by atoms with Crippen LogP contribution in [0.4, 0.5) is 4.39 Å². The molecule has 2 aromatic rings. The Labute approximate surface area is 113 Å². The van der Waals surface area contributed by atoms with E-state index in [4.69, 9.17) is 20.8 Å². The highest BCUT2D eigenvalue weighted by atomic mass is 35.5. The van der Waals surface area contributed by atoms with Crippen LogP contribution in [0.2, 0.25) is 5.02 Å². The van der Waals surface area contributed by atoms with Gasteiger partial charge in [0.25, 0.3) is 0 Å². The Bertz CT molecular complexity index is 594. The molecule has 2 rings (SSSR count). The van der Waals surface area contributed by atoms with Crippen molar-refractivity contribution in [3.8, 4) is 5.75 Å². The fourth-order valence-electron chi connectivity index (χ4n) is 1.47. The Balaban J connectivity index is 2.10. The van der Waals surface area contributed by atoms with Gasteiger partial charge in [0.1, 0.15) is 18.2 Å². The van der Waals surface area contributed by atoms with Crippen molar-refractivity contribution in [2.24, 2.45) is 0 Å². The van der Waals surface area contributed by atoms with Gasteiger partial charge in [0.2, 0.25) is 5.76 Å². The predicted molar refractivity (Wildman–Crippen MR) is 65.8 cm³/mol. The zero-order chi connectivity index (χ0) is 13.8. The van der Waals surface area contributed by atoms with Gasteiger partial charge in [-0.1, -0.05) is 11.6 Å². The van der Waals surface area contributed by atoms with E-state index in [1.165, 1.54) is 25.5 Å². The molecule has 0 aliphatic heterocycles. The summed E-state index contributed by atoms with van der Waals surface area (Å²) in [6.07, 6.45) is 1.36. The molecule has 0 atom stereocenters. The Hall–Kier alpha value is -2.01. The Kier molecular flexibility index (Phi) is 4.06. The molecule has 0 aliphatic rings. The lowest BCUT2D eigenvalue weighted by Crippen LogP contribution is -2.05. The number of rotatable bonds is 4. The monoisotopic (exact) mass is 284 g/mol. The fourth-order valence-corrected chi connectivity index (χ4v) is 1.69. The van der Waals surface area contributed by atoms with E-state index in [0.717, 1.165) is 6.07 Å². The molecule has 0 saturated carbocycles. The number of hydrogen-bond acceptors (Lipinski definition) is 4. The maximum absolute atomic E-state index is 12.9. The molecule has 4 nitrogen and oxygen atoms in total. The van der Waals surface area contributed by atoms with Gasteiger partial charge in [-0.3, -0.25) is 0 Å². The number of carbonyl (C=O) groups is 1. The van der Waals surface area contributed by atoms with Crippen LogP contribution in [0.5, 0.6) is 5.75 Å². The highest BCUT2D eigenvalue weighted by molar-refractivity contribution is 6.32. The van der Waals surface area contributed by atoms with Crippen molar-refractivity contribution >= 4 is 17.6 Å². The Morgan fingerprint density at radius 2 is 2.21 bits per heavy atom. The fraction of sp³-hybridized carbons (Fsp3) is 0.154. The highest BCUT2D eigenvalue weighted by Gasteiger charge is 2.16. The van der Waals surface area contributed by atoms with Crippen molar-refractivity contribution < 1.29 is 23.1 Å². The molecule has 0 N–H and O–H groups in total. The second-order valence-corrected chi connectivity index (χ2v) is 4.04. The molecule has 0 amide bonds. The van der Waals surface area contributed by atoms with Crippen LogP contribution in [-0.4, -0.2) is 13.1 Å². The number of halogens is 2. The van der Waals surface area contributed by atoms with Gasteiger partial charge in [0, 0.05) is 5.56 Å². The first-order valence-electron chi connectivity index (χ1n) is 5.34. The summed E-state index contributed by atoms with van der Waals surface area (Å²) in [7, 11) is 1.26. The van der Waals surface area contributed by atoms with Gasteiger partial charge in [0.15, 0.2) is 0 Å². The molecule has 1 aromatic heterocycles. The normalized spacial score (nSPS) is 10.3. The van der Waals surface area contributed by atoms with Crippen LogP contribution in [0.3, 0.4) is 0 Å². The molecule has 0 unspecified atom stereocenters. The van der Waals surface area contributed by atoms with Gasteiger partial charge < -0.3 is 13.9 Å². The minimum atomic E-state index is -0.589. The molecule has 1 heterocycles. The van der Waals surface area contributed by atoms with Gasteiger partial charge in [0.05, 0.1) is 18.4 Å². The summed E-state index contributed by atoms with van der Waals surface area (Å²) in [6, 6.07) is 5.38. The predicted octanol–water partition coefficient (Wildman–Crippen LogP) is 3.44. The number of furan rings is 1. The summed E-state index contributed by atoms with van der Waals surface area (Å²) in [5.41, 5.74) is 0.521. The topological polar surface area (TPSA) is 48.7 Å². The Morgan fingerprint density at radius 3 is 2.89 bits per heavy atom. The highest BCUT2D eigenvalue weighted by Crippen LogP contribution is 2.26. The summed E-state index contributed by atoms with van der Waals surface area (Å²) in [5, 5.41) is 0.156. The number of carbonyl (C=O) groups excluding carboxylic acids is 1. The molecule has 0 bridgehead atoms. The number of esters is 1. The summed E-state index contributed by atoms with van der Waals surface area (Å²) in [4.78, 5) is 11.4. The average Bonchev–Trinajstić information content (AvgIpc) is 2.85. The van der Waals surface area contributed by atoms with E-state index < -0.39 is 11.8 Å². The third-order valence-corrected chi connectivity index (χ3v) is 2.69. The van der Waals surface area contributed by atoms with Crippen molar-refractivity contribution in [1.82, 2.24) is 0 Å². The van der Waals surface area contributed by atoms with E-state index in [-0.39, 0.29) is 17.4 Å².